The van der Waals surface area contributed by atoms with Crippen molar-refractivity contribution in [2.45, 2.75) is 6.67 Å². The first-order chi connectivity index (χ1) is 11.2. The Hall–Kier alpha value is -3.08. The van der Waals surface area contributed by atoms with Crippen molar-refractivity contribution < 1.29 is 9.50 Å². The molecule has 0 saturated heterocycles. The summed E-state index contributed by atoms with van der Waals surface area (Å²) in [6.45, 7) is -0.500. The minimum absolute atomic E-state index is 0.261. The number of nitrogens with zero attached hydrogens (tertiary/aromatic N) is 1. The molecule has 0 spiro atoms. The normalized spacial score (nSPS) is 11.2. The molecule has 0 aliphatic heterocycles. The zero-order chi connectivity index (χ0) is 15.8. The number of rotatable bonds is 3. The fourth-order valence-corrected chi connectivity index (χ4v) is 2.67. The second-order valence-electron chi connectivity index (χ2n) is 5.41. The number of imidazole rings is 1. The molecular formula is C18H14FN3O. The van der Waals surface area contributed by atoms with Gasteiger partial charge in [0.15, 0.2) is 0 Å². The van der Waals surface area contributed by atoms with Crippen molar-refractivity contribution >= 4 is 33.4 Å². The van der Waals surface area contributed by atoms with E-state index in [2.05, 4.69) is 15.3 Å². The van der Waals surface area contributed by atoms with Crippen LogP contribution in [0.1, 0.15) is 5.56 Å². The minimum Gasteiger partial charge on any atom is -0.507 e. The molecule has 0 aliphatic carbocycles. The van der Waals surface area contributed by atoms with Crippen LogP contribution in [0.5, 0.6) is 5.75 Å². The summed E-state index contributed by atoms with van der Waals surface area (Å²) in [6, 6.07) is 16.4. The third kappa shape index (κ3) is 2.46. The molecule has 0 unspecified atom stereocenters. The number of benzene rings is 3. The molecule has 4 aromatic rings. The van der Waals surface area contributed by atoms with Crippen LogP contribution in [-0.4, -0.2) is 15.1 Å². The first kappa shape index (κ1) is 13.6. The maximum absolute atomic E-state index is 12.7. The predicted molar refractivity (Wildman–Crippen MR) is 89.8 cm³/mol. The number of phenolic OH excluding ortho intramolecular Hbond substituents is 1. The van der Waals surface area contributed by atoms with Crippen molar-refractivity contribution in [3.05, 3.63) is 60.2 Å². The summed E-state index contributed by atoms with van der Waals surface area (Å²) in [5, 5.41) is 14.8. The molecule has 0 bridgehead atoms. The van der Waals surface area contributed by atoms with Gasteiger partial charge in [-0.2, -0.15) is 0 Å². The van der Waals surface area contributed by atoms with Gasteiger partial charge in [-0.3, -0.25) is 0 Å². The molecule has 1 heterocycles. The number of phenols is 1. The molecule has 3 aromatic carbocycles. The van der Waals surface area contributed by atoms with Crippen LogP contribution in [0.2, 0.25) is 0 Å². The molecule has 114 valence electrons. The van der Waals surface area contributed by atoms with E-state index >= 15 is 0 Å². The zero-order valence-corrected chi connectivity index (χ0v) is 12.2. The van der Waals surface area contributed by atoms with E-state index in [0.717, 1.165) is 27.5 Å². The fourth-order valence-electron chi connectivity index (χ4n) is 2.67. The van der Waals surface area contributed by atoms with Crippen LogP contribution in [0, 0.1) is 0 Å². The van der Waals surface area contributed by atoms with E-state index in [1.165, 1.54) is 0 Å². The Labute approximate surface area is 131 Å². The number of aromatic nitrogens is 2. The number of hydrogen-bond acceptors (Lipinski definition) is 3. The number of hydrogen-bond donors (Lipinski definition) is 3. The van der Waals surface area contributed by atoms with Gasteiger partial charge in [-0.1, -0.05) is 18.2 Å². The van der Waals surface area contributed by atoms with Gasteiger partial charge >= 0.3 is 0 Å². The van der Waals surface area contributed by atoms with E-state index in [1.807, 2.05) is 30.3 Å². The van der Waals surface area contributed by atoms with Crippen molar-refractivity contribution in [2.75, 3.05) is 5.32 Å². The molecule has 3 N–H and O–H groups in total. The van der Waals surface area contributed by atoms with Gasteiger partial charge in [-0.25, -0.2) is 9.37 Å². The van der Waals surface area contributed by atoms with Gasteiger partial charge in [-0.15, -0.1) is 0 Å². The van der Waals surface area contributed by atoms with Gasteiger partial charge in [0, 0.05) is 11.1 Å². The third-order valence-electron chi connectivity index (χ3n) is 3.82. The lowest BCUT2D eigenvalue weighted by Crippen LogP contribution is -1.92. The minimum atomic E-state index is -0.500. The van der Waals surface area contributed by atoms with Crippen LogP contribution >= 0.6 is 0 Å². The van der Waals surface area contributed by atoms with Crippen LogP contribution in [0.3, 0.4) is 0 Å². The maximum atomic E-state index is 12.7. The Morgan fingerprint density at radius 1 is 1.09 bits per heavy atom. The Bertz CT molecular complexity index is 1010. The van der Waals surface area contributed by atoms with Crippen LogP contribution in [0.4, 0.5) is 16.0 Å². The number of H-pyrrole nitrogens is 1. The molecule has 0 radical (unpaired) electrons. The average molecular weight is 307 g/mol. The second-order valence-corrected chi connectivity index (χ2v) is 5.41. The van der Waals surface area contributed by atoms with E-state index < -0.39 is 6.67 Å². The molecule has 0 fully saturated rings. The highest BCUT2D eigenvalue weighted by Crippen LogP contribution is 2.28. The first-order valence-corrected chi connectivity index (χ1v) is 7.26. The largest absolute Gasteiger partial charge is 0.507 e. The Kier molecular flexibility index (Phi) is 3.12. The highest BCUT2D eigenvalue weighted by atomic mass is 19.1. The van der Waals surface area contributed by atoms with Gasteiger partial charge in [0.05, 0.1) is 11.0 Å². The molecule has 0 atom stereocenters. The molecular weight excluding hydrogens is 293 g/mol. The van der Waals surface area contributed by atoms with Crippen LogP contribution in [0.15, 0.2) is 54.6 Å². The van der Waals surface area contributed by atoms with Gasteiger partial charge in [0.25, 0.3) is 0 Å². The van der Waals surface area contributed by atoms with E-state index in [-0.39, 0.29) is 5.75 Å². The summed E-state index contributed by atoms with van der Waals surface area (Å²) in [7, 11) is 0. The topological polar surface area (TPSA) is 60.9 Å². The van der Waals surface area contributed by atoms with Gasteiger partial charge in [-0.05, 0) is 47.3 Å². The van der Waals surface area contributed by atoms with Crippen LogP contribution < -0.4 is 5.32 Å². The number of fused-ring (bicyclic) bond motifs is 2. The molecule has 23 heavy (non-hydrogen) atoms. The van der Waals surface area contributed by atoms with E-state index in [1.54, 1.807) is 24.3 Å². The van der Waals surface area contributed by atoms with Gasteiger partial charge in [0.1, 0.15) is 12.4 Å². The number of alkyl halides is 1. The highest BCUT2D eigenvalue weighted by Gasteiger charge is 2.05. The first-order valence-electron chi connectivity index (χ1n) is 7.26. The molecule has 0 amide bonds. The lowest BCUT2D eigenvalue weighted by molar-refractivity contribution is 0.481. The lowest BCUT2D eigenvalue weighted by atomic mass is 10.1. The van der Waals surface area contributed by atoms with E-state index in [0.29, 0.717) is 11.5 Å². The van der Waals surface area contributed by atoms with Crippen molar-refractivity contribution in [3.8, 4) is 5.75 Å². The summed E-state index contributed by atoms with van der Waals surface area (Å²) >= 11 is 0. The van der Waals surface area contributed by atoms with Crippen LogP contribution in [0.25, 0.3) is 21.8 Å². The highest BCUT2D eigenvalue weighted by molar-refractivity contribution is 5.91. The number of aromatic hydroxyl groups is 1. The molecule has 4 rings (SSSR count). The Morgan fingerprint density at radius 3 is 2.87 bits per heavy atom. The van der Waals surface area contributed by atoms with Crippen molar-refractivity contribution in [1.29, 1.82) is 0 Å². The molecule has 5 heteroatoms. The molecule has 0 saturated carbocycles. The third-order valence-corrected chi connectivity index (χ3v) is 3.82. The quantitative estimate of drug-likeness (QED) is 0.517. The maximum Gasteiger partial charge on any atom is 0.205 e. The number of halogens is 1. The molecule has 0 aliphatic rings. The van der Waals surface area contributed by atoms with Crippen molar-refractivity contribution in [3.63, 3.8) is 0 Å². The lowest BCUT2D eigenvalue weighted by Gasteiger charge is -2.05. The molecule has 1 aromatic heterocycles. The van der Waals surface area contributed by atoms with Crippen LogP contribution in [-0.2, 0) is 6.67 Å². The fraction of sp³-hybridized carbons (Fsp3) is 0.0556. The summed E-state index contributed by atoms with van der Waals surface area (Å²) in [4.78, 5) is 7.59. The van der Waals surface area contributed by atoms with E-state index in [9.17, 15) is 9.50 Å². The van der Waals surface area contributed by atoms with E-state index in [4.69, 9.17) is 0 Å². The SMILES string of the molecule is Oc1cccc2cc(Nc3nc4cc(CF)ccc4[nH]3)ccc12. The number of nitrogens with one attached hydrogen (secondary N) is 2. The summed E-state index contributed by atoms with van der Waals surface area (Å²) in [5.41, 5.74) is 3.04. The monoisotopic (exact) mass is 307 g/mol. The standard InChI is InChI=1S/C18H14FN3O/c19-10-11-4-7-15-16(8-11)22-18(21-15)20-13-5-6-14-12(9-13)2-1-3-17(14)23/h1-9,23H,10H2,(H2,20,21,22). The Balaban J connectivity index is 1.69. The zero-order valence-electron chi connectivity index (χ0n) is 12.2. The smallest absolute Gasteiger partial charge is 0.205 e. The average Bonchev–Trinajstić information content (AvgIpc) is 2.96. The second kappa shape index (κ2) is 5.28. The summed E-state index contributed by atoms with van der Waals surface area (Å²) < 4.78 is 12.7. The predicted octanol–water partition coefficient (Wildman–Crippen LogP) is 4.63. The number of aromatic amines is 1. The summed E-state index contributed by atoms with van der Waals surface area (Å²) in [5.74, 6) is 0.854. The molecule has 4 nitrogen and oxygen atoms in total. The van der Waals surface area contributed by atoms with Gasteiger partial charge in [0.2, 0.25) is 5.95 Å². The van der Waals surface area contributed by atoms with Crippen molar-refractivity contribution in [2.24, 2.45) is 0 Å². The van der Waals surface area contributed by atoms with Gasteiger partial charge < -0.3 is 15.4 Å². The number of anilines is 2. The summed E-state index contributed by atoms with van der Waals surface area (Å²) in [6.07, 6.45) is 0. The van der Waals surface area contributed by atoms with Crippen molar-refractivity contribution in [1.82, 2.24) is 9.97 Å². The Morgan fingerprint density at radius 2 is 2.00 bits per heavy atom.